The summed E-state index contributed by atoms with van der Waals surface area (Å²) in [7, 11) is 0. The number of rotatable bonds is 20. The SMILES string of the molecule is CCCCCCCCCCOc1c(F)cc(C#Cc2cc(F)c(OCCCCCCCCCC)c(F)c2)cc1F. The Hall–Kier alpha value is -2.68. The molecule has 6 heteroatoms. The average Bonchev–Trinajstić information content (AvgIpc) is 2.92. The lowest BCUT2D eigenvalue weighted by Gasteiger charge is -2.09. The Morgan fingerprint density at radius 3 is 1.02 bits per heavy atom. The second kappa shape index (κ2) is 20.2. The molecule has 0 saturated heterocycles. The van der Waals surface area contributed by atoms with E-state index in [1.807, 2.05) is 0 Å². The van der Waals surface area contributed by atoms with Gasteiger partial charge < -0.3 is 9.47 Å². The van der Waals surface area contributed by atoms with Gasteiger partial charge >= 0.3 is 0 Å². The lowest BCUT2D eigenvalue weighted by Crippen LogP contribution is -2.02. The van der Waals surface area contributed by atoms with Crippen molar-refractivity contribution in [2.45, 2.75) is 117 Å². The molecule has 2 rings (SSSR count). The first-order valence-electron chi connectivity index (χ1n) is 15.2. The summed E-state index contributed by atoms with van der Waals surface area (Å²) in [6.45, 7) is 4.84. The van der Waals surface area contributed by atoms with Crippen molar-refractivity contribution < 1.29 is 27.0 Å². The minimum absolute atomic E-state index is 0.0465. The Morgan fingerprint density at radius 2 is 0.725 bits per heavy atom. The fraction of sp³-hybridized carbons (Fsp3) is 0.588. The molecule has 0 unspecified atom stereocenters. The summed E-state index contributed by atoms with van der Waals surface area (Å²) in [5.41, 5.74) is 0.0931. The zero-order valence-electron chi connectivity index (χ0n) is 24.4. The Kier molecular flexibility index (Phi) is 17.0. The van der Waals surface area contributed by atoms with Crippen molar-refractivity contribution in [2.75, 3.05) is 13.2 Å². The molecular weight excluding hydrogens is 516 g/mol. The summed E-state index contributed by atoms with van der Waals surface area (Å²) < 4.78 is 68.5. The highest BCUT2D eigenvalue weighted by Crippen LogP contribution is 2.25. The third-order valence-corrected chi connectivity index (χ3v) is 6.84. The van der Waals surface area contributed by atoms with E-state index < -0.39 is 34.8 Å². The highest BCUT2D eigenvalue weighted by atomic mass is 19.1. The van der Waals surface area contributed by atoms with E-state index in [1.54, 1.807) is 0 Å². The third kappa shape index (κ3) is 13.1. The van der Waals surface area contributed by atoms with Gasteiger partial charge in [0.2, 0.25) is 0 Å². The van der Waals surface area contributed by atoms with E-state index in [4.69, 9.17) is 9.47 Å². The molecule has 2 aromatic rings. The van der Waals surface area contributed by atoms with Gasteiger partial charge in [0.1, 0.15) is 0 Å². The summed E-state index contributed by atoms with van der Waals surface area (Å²) in [5, 5.41) is 0. The van der Waals surface area contributed by atoms with Gasteiger partial charge in [0.05, 0.1) is 13.2 Å². The number of ether oxygens (including phenoxy) is 2. The quantitative estimate of drug-likeness (QED) is 0.0908. The molecule has 0 amide bonds. The van der Waals surface area contributed by atoms with E-state index in [-0.39, 0.29) is 24.3 Å². The van der Waals surface area contributed by atoms with Gasteiger partial charge in [-0.3, -0.25) is 0 Å². The van der Waals surface area contributed by atoms with Crippen LogP contribution in [0.15, 0.2) is 24.3 Å². The van der Waals surface area contributed by atoms with Crippen LogP contribution in [0.5, 0.6) is 11.5 Å². The Morgan fingerprint density at radius 1 is 0.450 bits per heavy atom. The Balaban J connectivity index is 1.81. The number of benzene rings is 2. The van der Waals surface area contributed by atoms with Crippen molar-refractivity contribution in [2.24, 2.45) is 0 Å². The molecule has 0 spiro atoms. The first-order valence-corrected chi connectivity index (χ1v) is 15.2. The largest absolute Gasteiger partial charge is 0.488 e. The van der Waals surface area contributed by atoms with E-state index in [9.17, 15) is 17.6 Å². The summed E-state index contributed by atoms with van der Waals surface area (Å²) in [6.07, 6.45) is 17.8. The molecule has 0 aliphatic carbocycles. The number of hydrogen-bond acceptors (Lipinski definition) is 2. The molecule has 0 aliphatic rings. The van der Waals surface area contributed by atoms with Gasteiger partial charge in [0, 0.05) is 11.1 Å². The molecule has 0 bridgehead atoms. The van der Waals surface area contributed by atoms with E-state index in [2.05, 4.69) is 25.7 Å². The maximum absolute atomic E-state index is 14.5. The fourth-order valence-electron chi connectivity index (χ4n) is 4.50. The van der Waals surface area contributed by atoms with Gasteiger partial charge in [-0.1, -0.05) is 116 Å². The molecule has 0 N–H and O–H groups in total. The molecule has 2 nitrogen and oxygen atoms in total. The van der Waals surface area contributed by atoms with E-state index in [0.717, 1.165) is 62.8 Å². The molecule has 0 fully saturated rings. The van der Waals surface area contributed by atoms with Crippen LogP contribution in [0.1, 0.15) is 128 Å². The van der Waals surface area contributed by atoms with E-state index >= 15 is 0 Å². The van der Waals surface area contributed by atoms with Gasteiger partial charge in [-0.25, -0.2) is 17.6 Å². The lowest BCUT2D eigenvalue weighted by atomic mass is 10.1. The van der Waals surface area contributed by atoms with Crippen molar-refractivity contribution in [3.05, 3.63) is 58.7 Å². The predicted octanol–water partition coefficient (Wildman–Crippen LogP) is 10.7. The maximum atomic E-state index is 14.5. The molecule has 40 heavy (non-hydrogen) atoms. The summed E-state index contributed by atoms with van der Waals surface area (Å²) in [6, 6.07) is 4.25. The van der Waals surface area contributed by atoms with E-state index in [1.165, 1.54) is 64.2 Å². The van der Waals surface area contributed by atoms with Gasteiger partial charge in [-0.15, -0.1) is 0 Å². The molecule has 0 aliphatic heterocycles. The number of unbranched alkanes of at least 4 members (excludes halogenated alkanes) is 14. The van der Waals surface area contributed by atoms with Gasteiger partial charge in [-0.05, 0) is 37.1 Å². The zero-order chi connectivity index (χ0) is 29.0. The van der Waals surface area contributed by atoms with Crippen molar-refractivity contribution in [1.29, 1.82) is 0 Å². The second-order valence-corrected chi connectivity index (χ2v) is 10.4. The highest BCUT2D eigenvalue weighted by molar-refractivity contribution is 5.47. The molecule has 222 valence electrons. The topological polar surface area (TPSA) is 18.5 Å². The van der Waals surface area contributed by atoms with Crippen LogP contribution in [-0.2, 0) is 0 Å². The van der Waals surface area contributed by atoms with Crippen LogP contribution in [0.3, 0.4) is 0 Å². The molecule has 0 atom stereocenters. The standard InChI is InChI=1S/C34H46F4O2/c1-3-5-7-9-11-13-15-17-21-39-33-29(35)23-27(24-30(33)36)19-20-28-25-31(37)34(32(38)26-28)40-22-18-16-14-12-10-8-6-4-2/h23-26H,3-18,21-22H2,1-2H3. The minimum atomic E-state index is -0.856. The fourth-order valence-corrected chi connectivity index (χ4v) is 4.50. The van der Waals surface area contributed by atoms with Crippen LogP contribution in [0.2, 0.25) is 0 Å². The van der Waals surface area contributed by atoms with Crippen LogP contribution >= 0.6 is 0 Å². The zero-order valence-corrected chi connectivity index (χ0v) is 24.4. The number of halogens is 4. The minimum Gasteiger partial charge on any atom is -0.488 e. The first-order chi connectivity index (χ1) is 19.5. The lowest BCUT2D eigenvalue weighted by molar-refractivity contribution is 0.275. The summed E-state index contributed by atoms with van der Waals surface area (Å²) in [4.78, 5) is 0. The third-order valence-electron chi connectivity index (χ3n) is 6.84. The normalized spacial score (nSPS) is 10.8. The van der Waals surface area contributed by atoms with Crippen molar-refractivity contribution >= 4 is 0 Å². The van der Waals surface area contributed by atoms with Crippen LogP contribution in [0.4, 0.5) is 17.6 Å². The molecular formula is C34H46F4O2. The first kappa shape index (κ1) is 33.5. The monoisotopic (exact) mass is 562 g/mol. The van der Waals surface area contributed by atoms with Crippen molar-refractivity contribution in [1.82, 2.24) is 0 Å². The van der Waals surface area contributed by atoms with Crippen molar-refractivity contribution in [3.63, 3.8) is 0 Å². The molecule has 0 heterocycles. The molecule has 0 saturated carbocycles. The molecule has 2 aromatic carbocycles. The highest BCUT2D eigenvalue weighted by Gasteiger charge is 2.14. The summed E-state index contributed by atoms with van der Waals surface area (Å²) >= 11 is 0. The predicted molar refractivity (Wildman–Crippen MR) is 155 cm³/mol. The maximum Gasteiger partial charge on any atom is 0.190 e. The van der Waals surface area contributed by atoms with Crippen molar-refractivity contribution in [3.8, 4) is 23.3 Å². The Labute approximate surface area is 238 Å². The summed E-state index contributed by atoms with van der Waals surface area (Å²) in [5.74, 6) is 0.870. The van der Waals surface area contributed by atoms with E-state index in [0.29, 0.717) is 0 Å². The average molecular weight is 563 g/mol. The Bertz CT molecular complexity index is 930. The molecule has 0 radical (unpaired) electrons. The van der Waals surface area contributed by atoms with Gasteiger partial charge in [0.25, 0.3) is 0 Å². The van der Waals surface area contributed by atoms with Crippen LogP contribution in [0, 0.1) is 35.1 Å². The van der Waals surface area contributed by atoms with Crippen LogP contribution in [-0.4, -0.2) is 13.2 Å². The van der Waals surface area contributed by atoms with Gasteiger partial charge in [0.15, 0.2) is 34.8 Å². The second-order valence-electron chi connectivity index (χ2n) is 10.4. The number of hydrogen-bond donors (Lipinski definition) is 0. The smallest absolute Gasteiger partial charge is 0.190 e. The van der Waals surface area contributed by atoms with Crippen LogP contribution in [0.25, 0.3) is 0 Å². The van der Waals surface area contributed by atoms with Crippen LogP contribution < -0.4 is 9.47 Å². The molecule has 0 aromatic heterocycles. The van der Waals surface area contributed by atoms with Gasteiger partial charge in [-0.2, -0.15) is 0 Å².